The van der Waals surface area contributed by atoms with Gasteiger partial charge in [0, 0.05) is 11.6 Å². The van der Waals surface area contributed by atoms with Crippen molar-refractivity contribution in [2.75, 3.05) is 5.43 Å². The van der Waals surface area contributed by atoms with Gasteiger partial charge in [-0.1, -0.05) is 0 Å². The summed E-state index contributed by atoms with van der Waals surface area (Å²) in [5.74, 6) is 5.17. The van der Waals surface area contributed by atoms with Crippen LogP contribution in [-0.2, 0) is 10.0 Å². The van der Waals surface area contributed by atoms with Crippen molar-refractivity contribution in [3.8, 4) is 0 Å². The lowest BCUT2D eigenvalue weighted by Crippen LogP contribution is -2.34. The number of hydrazine groups is 1. The van der Waals surface area contributed by atoms with Crippen molar-refractivity contribution in [1.82, 2.24) is 4.72 Å². The zero-order chi connectivity index (χ0) is 14.3. The number of benzene rings is 1. The number of nitrogen functional groups attached to an aromatic ring is 1. The number of nitrogens with zero attached hydrogens (tertiary/aromatic N) is 1. The summed E-state index contributed by atoms with van der Waals surface area (Å²) < 4.78 is 26.7. The molecular weight excluding hydrogens is 272 g/mol. The number of hydrogen-bond donors (Lipinski definition) is 3. The highest BCUT2D eigenvalue weighted by molar-refractivity contribution is 7.89. The fourth-order valence-corrected chi connectivity index (χ4v) is 3.12. The third kappa shape index (κ3) is 2.83. The van der Waals surface area contributed by atoms with Crippen molar-refractivity contribution in [2.24, 2.45) is 5.84 Å². The van der Waals surface area contributed by atoms with Crippen molar-refractivity contribution in [3.05, 3.63) is 28.3 Å². The number of nitro benzene ring substituents is 1. The van der Waals surface area contributed by atoms with E-state index < -0.39 is 20.5 Å². The van der Waals surface area contributed by atoms with Crippen LogP contribution in [0.3, 0.4) is 0 Å². The quantitative estimate of drug-likeness (QED) is 0.415. The van der Waals surface area contributed by atoms with E-state index in [1.165, 1.54) is 6.07 Å². The largest absolute Gasteiger partial charge is 0.318 e. The molecular formula is C10H14N4O4S. The molecule has 0 aliphatic heterocycles. The Bertz CT molecular complexity index is 624. The van der Waals surface area contributed by atoms with Crippen LogP contribution in [0.25, 0.3) is 0 Å². The van der Waals surface area contributed by atoms with Crippen molar-refractivity contribution in [1.29, 1.82) is 0 Å². The molecule has 1 aromatic carbocycles. The van der Waals surface area contributed by atoms with E-state index in [9.17, 15) is 18.5 Å². The Balaban J connectivity index is 2.38. The fraction of sp³-hybridized carbons (Fsp3) is 0.400. The number of rotatable bonds is 5. The number of anilines is 1. The summed E-state index contributed by atoms with van der Waals surface area (Å²) in [5, 5.41) is 10.7. The molecule has 1 aliphatic carbocycles. The van der Waals surface area contributed by atoms with Crippen LogP contribution in [0.1, 0.15) is 19.8 Å². The number of hydrogen-bond acceptors (Lipinski definition) is 6. The molecule has 0 saturated heterocycles. The van der Waals surface area contributed by atoms with Gasteiger partial charge >= 0.3 is 0 Å². The van der Waals surface area contributed by atoms with Crippen molar-refractivity contribution in [3.63, 3.8) is 0 Å². The van der Waals surface area contributed by atoms with Gasteiger partial charge in [0.05, 0.1) is 9.82 Å². The van der Waals surface area contributed by atoms with Gasteiger partial charge in [0.1, 0.15) is 5.69 Å². The predicted octanol–water partition coefficient (Wildman–Crippen LogP) is 0.711. The van der Waals surface area contributed by atoms with Gasteiger partial charge in [-0.3, -0.25) is 16.0 Å². The number of nitrogens with two attached hydrogens (primary N) is 1. The summed E-state index contributed by atoms with van der Waals surface area (Å²) in [7, 11) is -3.70. The Hall–Kier alpha value is -1.71. The smallest absolute Gasteiger partial charge is 0.293 e. The number of sulfonamides is 1. The van der Waals surface area contributed by atoms with Crippen LogP contribution in [0.4, 0.5) is 11.4 Å². The zero-order valence-corrected chi connectivity index (χ0v) is 11.0. The second kappa shape index (κ2) is 4.44. The molecule has 0 amide bonds. The van der Waals surface area contributed by atoms with Gasteiger partial charge in [-0.25, -0.2) is 13.1 Å². The van der Waals surface area contributed by atoms with Crippen LogP contribution in [0.15, 0.2) is 23.1 Å². The van der Waals surface area contributed by atoms with E-state index >= 15 is 0 Å². The first kappa shape index (κ1) is 13.7. The van der Waals surface area contributed by atoms with E-state index in [0.29, 0.717) is 0 Å². The minimum absolute atomic E-state index is 0.0474. The van der Waals surface area contributed by atoms with E-state index in [-0.39, 0.29) is 16.3 Å². The van der Waals surface area contributed by atoms with E-state index in [0.717, 1.165) is 25.0 Å². The lowest BCUT2D eigenvalue weighted by molar-refractivity contribution is -0.384. The van der Waals surface area contributed by atoms with Crippen LogP contribution < -0.4 is 16.0 Å². The Kier molecular flexibility index (Phi) is 3.20. The van der Waals surface area contributed by atoms with Crippen molar-refractivity contribution >= 4 is 21.4 Å². The van der Waals surface area contributed by atoms with Crippen LogP contribution in [-0.4, -0.2) is 18.9 Å². The molecule has 8 nitrogen and oxygen atoms in total. The second-order valence-electron chi connectivity index (χ2n) is 4.75. The lowest BCUT2D eigenvalue weighted by Gasteiger charge is -2.12. The summed E-state index contributed by atoms with van der Waals surface area (Å²) in [5.41, 5.74) is 1.40. The maximum absolute atomic E-state index is 12.1. The molecule has 1 aromatic rings. The van der Waals surface area contributed by atoms with Crippen molar-refractivity contribution in [2.45, 2.75) is 30.2 Å². The highest BCUT2D eigenvalue weighted by Gasteiger charge is 2.41. The number of nitrogens with one attached hydrogen (secondary N) is 2. The van der Waals surface area contributed by atoms with E-state index in [2.05, 4.69) is 10.1 Å². The molecule has 0 heterocycles. The van der Waals surface area contributed by atoms with E-state index in [1.54, 1.807) is 6.92 Å². The summed E-state index contributed by atoms with van der Waals surface area (Å²) in [4.78, 5) is 10.0. The first-order valence-corrected chi connectivity index (χ1v) is 7.05. The molecule has 19 heavy (non-hydrogen) atoms. The molecule has 1 fully saturated rings. The standard InChI is InChI=1S/C10H14N4O4S/c1-10(4-5-10)13-19(17,18)7-2-3-9(14(15)16)8(6-7)12-11/h2-3,6,12-13H,4-5,11H2,1H3. The van der Waals surface area contributed by atoms with E-state index in [1.807, 2.05) is 0 Å². The predicted molar refractivity (Wildman–Crippen MR) is 68.9 cm³/mol. The average molecular weight is 286 g/mol. The van der Waals surface area contributed by atoms with Gasteiger partial charge in [0.2, 0.25) is 10.0 Å². The van der Waals surface area contributed by atoms with Crippen LogP contribution in [0, 0.1) is 10.1 Å². The van der Waals surface area contributed by atoms with E-state index in [4.69, 9.17) is 5.84 Å². The zero-order valence-electron chi connectivity index (χ0n) is 10.2. The maximum atomic E-state index is 12.1. The van der Waals surface area contributed by atoms with Gasteiger partial charge in [-0.05, 0) is 31.9 Å². The molecule has 9 heteroatoms. The van der Waals surface area contributed by atoms with Gasteiger partial charge in [-0.15, -0.1) is 0 Å². The van der Waals surface area contributed by atoms with Gasteiger partial charge in [0.15, 0.2) is 0 Å². The normalized spacial score (nSPS) is 16.9. The molecule has 104 valence electrons. The summed E-state index contributed by atoms with van der Waals surface area (Å²) in [6.07, 6.45) is 1.56. The number of nitro groups is 1. The molecule has 0 radical (unpaired) electrons. The molecule has 4 N–H and O–H groups in total. The first-order chi connectivity index (χ1) is 8.77. The average Bonchev–Trinajstić information content (AvgIpc) is 3.04. The minimum atomic E-state index is -3.70. The summed E-state index contributed by atoms with van der Waals surface area (Å²) >= 11 is 0. The lowest BCUT2D eigenvalue weighted by atomic mass is 10.3. The highest BCUT2D eigenvalue weighted by Crippen LogP contribution is 2.36. The Labute approximate surface area is 110 Å². The molecule has 1 saturated carbocycles. The summed E-state index contributed by atoms with van der Waals surface area (Å²) in [6, 6.07) is 3.44. The summed E-state index contributed by atoms with van der Waals surface area (Å²) in [6.45, 7) is 1.80. The van der Waals surface area contributed by atoms with Gasteiger partial charge < -0.3 is 5.43 Å². The molecule has 0 unspecified atom stereocenters. The SMILES string of the molecule is CC1(NS(=O)(=O)c2ccc([N+](=O)[O-])c(NN)c2)CC1. The molecule has 0 spiro atoms. The first-order valence-electron chi connectivity index (χ1n) is 5.56. The Morgan fingerprint density at radius 3 is 2.53 bits per heavy atom. The fourth-order valence-electron chi connectivity index (χ4n) is 1.63. The Morgan fingerprint density at radius 1 is 1.42 bits per heavy atom. The molecule has 1 aliphatic rings. The molecule has 0 bridgehead atoms. The molecule has 0 aromatic heterocycles. The van der Waals surface area contributed by atoms with Gasteiger partial charge in [-0.2, -0.15) is 0 Å². The third-order valence-corrected chi connectivity index (χ3v) is 4.65. The minimum Gasteiger partial charge on any atom is -0.318 e. The topological polar surface area (TPSA) is 127 Å². The third-order valence-electron chi connectivity index (χ3n) is 3.01. The highest BCUT2D eigenvalue weighted by atomic mass is 32.2. The van der Waals surface area contributed by atoms with Crippen LogP contribution in [0.5, 0.6) is 0 Å². The molecule has 0 atom stereocenters. The second-order valence-corrected chi connectivity index (χ2v) is 6.43. The molecule has 2 rings (SSSR count). The monoisotopic (exact) mass is 286 g/mol. The Morgan fingerprint density at radius 2 is 2.05 bits per heavy atom. The van der Waals surface area contributed by atoms with Crippen LogP contribution >= 0.6 is 0 Å². The maximum Gasteiger partial charge on any atom is 0.293 e. The van der Waals surface area contributed by atoms with Crippen molar-refractivity contribution < 1.29 is 13.3 Å². The van der Waals surface area contributed by atoms with Crippen LogP contribution in [0.2, 0.25) is 0 Å². The van der Waals surface area contributed by atoms with Gasteiger partial charge in [0.25, 0.3) is 5.69 Å².